The zero-order chi connectivity index (χ0) is 29.1. The quantitative estimate of drug-likeness (QED) is 0.136. The second kappa shape index (κ2) is 11.9. The fourth-order valence-corrected chi connectivity index (χ4v) is 6.56. The first-order chi connectivity index (χ1) is 19.7. The molecule has 0 fully saturated rings. The van der Waals surface area contributed by atoms with E-state index in [-0.39, 0.29) is 27.2 Å². The Balaban J connectivity index is 1.54. The van der Waals surface area contributed by atoms with E-state index in [1.807, 2.05) is 53.7 Å². The zero-order valence-corrected chi connectivity index (χ0v) is 24.7. The summed E-state index contributed by atoms with van der Waals surface area (Å²) >= 11 is 12.2. The Bertz CT molecular complexity index is 1810. The smallest absolute Gasteiger partial charge is 0.326 e. The maximum Gasteiger partial charge on any atom is 0.326 e. The van der Waals surface area contributed by atoms with Crippen molar-refractivity contribution in [2.75, 3.05) is 17.5 Å². The molecule has 41 heavy (non-hydrogen) atoms. The SMILES string of the molecule is CCCCOC(=O)CN(c1ccc2c(ccn2-c2cc(-c3nccn3C)ccn2)c1)S(=O)(=O)c1cc(Cl)cc(Cl)c1. The van der Waals surface area contributed by atoms with E-state index in [1.165, 1.54) is 18.2 Å². The summed E-state index contributed by atoms with van der Waals surface area (Å²) in [6, 6.07) is 14.9. The number of aromatic nitrogens is 4. The lowest BCUT2D eigenvalue weighted by molar-refractivity contribution is -0.141. The molecule has 5 aromatic rings. The van der Waals surface area contributed by atoms with E-state index in [1.54, 1.807) is 30.6 Å². The van der Waals surface area contributed by atoms with Gasteiger partial charge in [0.1, 0.15) is 18.2 Å². The minimum absolute atomic E-state index is 0.135. The average molecular weight is 613 g/mol. The van der Waals surface area contributed by atoms with E-state index in [0.29, 0.717) is 12.2 Å². The first kappa shape index (κ1) is 28.7. The summed E-state index contributed by atoms with van der Waals surface area (Å²) in [5.41, 5.74) is 1.99. The molecule has 0 bridgehead atoms. The van der Waals surface area contributed by atoms with Crippen molar-refractivity contribution >= 4 is 55.8 Å². The Morgan fingerprint density at radius 2 is 1.76 bits per heavy atom. The van der Waals surface area contributed by atoms with Crippen LogP contribution in [0.2, 0.25) is 10.0 Å². The zero-order valence-electron chi connectivity index (χ0n) is 22.4. The number of imidazole rings is 1. The Labute approximate surface area is 248 Å². The number of pyridine rings is 1. The van der Waals surface area contributed by atoms with Gasteiger partial charge in [-0.05, 0) is 61.0 Å². The molecule has 212 valence electrons. The van der Waals surface area contributed by atoms with Crippen molar-refractivity contribution in [3.8, 4) is 17.2 Å². The van der Waals surface area contributed by atoms with Crippen LogP contribution in [0, 0.1) is 0 Å². The molecule has 9 nitrogen and oxygen atoms in total. The van der Waals surface area contributed by atoms with Gasteiger partial charge in [0.05, 0.1) is 22.7 Å². The Morgan fingerprint density at radius 1 is 0.976 bits per heavy atom. The van der Waals surface area contributed by atoms with Gasteiger partial charge < -0.3 is 13.9 Å². The number of halogens is 2. The molecule has 0 unspecified atom stereocenters. The van der Waals surface area contributed by atoms with Crippen molar-refractivity contribution in [2.24, 2.45) is 7.05 Å². The van der Waals surface area contributed by atoms with Crippen molar-refractivity contribution < 1.29 is 17.9 Å². The first-order valence-electron chi connectivity index (χ1n) is 12.9. The predicted octanol–water partition coefficient (Wildman–Crippen LogP) is 6.27. The number of nitrogens with zero attached hydrogens (tertiary/aromatic N) is 5. The molecule has 0 saturated carbocycles. The number of aryl methyl sites for hydroxylation is 1. The van der Waals surface area contributed by atoms with Crippen molar-refractivity contribution in [2.45, 2.75) is 24.7 Å². The predicted molar refractivity (Wildman–Crippen MR) is 160 cm³/mol. The van der Waals surface area contributed by atoms with Gasteiger partial charge in [0.15, 0.2) is 0 Å². The maximum absolute atomic E-state index is 13.8. The standard InChI is InChI=1S/C29H27Cl2N5O4S/c1-3-4-13-40-28(37)19-36(41(38,39)25-17-22(30)16-23(31)18-25)24-5-6-26-20(14-24)8-11-35(26)27-15-21(7-9-32-27)29-33-10-12-34(29)2/h5-12,14-18H,3-4,13,19H2,1-2H3. The molecule has 0 atom stereocenters. The third-order valence-corrected chi connectivity index (χ3v) is 8.68. The van der Waals surface area contributed by atoms with E-state index in [9.17, 15) is 13.2 Å². The van der Waals surface area contributed by atoms with E-state index < -0.39 is 22.5 Å². The largest absolute Gasteiger partial charge is 0.464 e. The number of anilines is 1. The van der Waals surface area contributed by atoms with Gasteiger partial charge in [0.2, 0.25) is 0 Å². The summed E-state index contributed by atoms with van der Waals surface area (Å²) in [5, 5.41) is 1.07. The van der Waals surface area contributed by atoms with Crippen molar-refractivity contribution in [1.29, 1.82) is 0 Å². The molecule has 5 rings (SSSR count). The fraction of sp³-hybridized carbons (Fsp3) is 0.207. The third-order valence-electron chi connectivity index (χ3n) is 6.49. The van der Waals surface area contributed by atoms with Crippen molar-refractivity contribution in [1.82, 2.24) is 19.1 Å². The van der Waals surface area contributed by atoms with Gasteiger partial charge in [-0.15, -0.1) is 0 Å². The number of rotatable bonds is 10. The van der Waals surface area contributed by atoms with E-state index in [0.717, 1.165) is 33.0 Å². The highest BCUT2D eigenvalue weighted by molar-refractivity contribution is 7.92. The first-order valence-corrected chi connectivity index (χ1v) is 15.1. The lowest BCUT2D eigenvalue weighted by Gasteiger charge is -2.24. The van der Waals surface area contributed by atoms with Crippen LogP contribution in [-0.4, -0.2) is 46.6 Å². The van der Waals surface area contributed by atoms with Crippen LogP contribution in [0.25, 0.3) is 28.1 Å². The molecule has 0 radical (unpaired) electrons. The van der Waals surface area contributed by atoms with E-state index in [2.05, 4.69) is 9.97 Å². The highest BCUT2D eigenvalue weighted by Crippen LogP contribution is 2.31. The van der Waals surface area contributed by atoms with Crippen LogP contribution in [0.15, 0.2) is 84.3 Å². The monoisotopic (exact) mass is 611 g/mol. The van der Waals surface area contributed by atoms with Gasteiger partial charge in [-0.2, -0.15) is 0 Å². The second-order valence-corrected chi connectivity index (χ2v) is 12.1. The Kier molecular flexibility index (Phi) is 8.35. The summed E-state index contributed by atoms with van der Waals surface area (Å²) in [7, 11) is -2.32. The molecule has 3 aromatic heterocycles. The number of hydrogen-bond donors (Lipinski definition) is 0. The van der Waals surface area contributed by atoms with Gasteiger partial charge in [0.25, 0.3) is 10.0 Å². The third kappa shape index (κ3) is 6.09. The number of esters is 1. The molecule has 0 spiro atoms. The highest BCUT2D eigenvalue weighted by atomic mass is 35.5. The number of fused-ring (bicyclic) bond motifs is 1. The molecular formula is C29H27Cl2N5O4S. The van der Waals surface area contributed by atoms with Gasteiger partial charge in [-0.25, -0.2) is 18.4 Å². The number of hydrogen-bond acceptors (Lipinski definition) is 6. The van der Waals surface area contributed by atoms with Crippen LogP contribution >= 0.6 is 23.2 Å². The van der Waals surface area contributed by atoms with Crippen LogP contribution in [0.5, 0.6) is 0 Å². The lowest BCUT2D eigenvalue weighted by Crippen LogP contribution is -2.36. The number of carbonyl (C=O) groups is 1. The van der Waals surface area contributed by atoms with Crippen molar-refractivity contribution in [3.63, 3.8) is 0 Å². The average Bonchev–Trinajstić information content (AvgIpc) is 3.57. The van der Waals surface area contributed by atoms with Crippen molar-refractivity contribution in [3.05, 3.63) is 89.4 Å². The summed E-state index contributed by atoms with van der Waals surface area (Å²) in [4.78, 5) is 21.5. The molecule has 0 amide bonds. The van der Waals surface area contributed by atoms with E-state index in [4.69, 9.17) is 27.9 Å². The molecule has 0 N–H and O–H groups in total. The minimum atomic E-state index is -4.24. The number of sulfonamides is 1. The molecule has 0 aliphatic heterocycles. The van der Waals surface area contributed by atoms with E-state index >= 15 is 0 Å². The van der Waals surface area contributed by atoms with Crippen LogP contribution in [0.4, 0.5) is 5.69 Å². The maximum atomic E-state index is 13.8. The number of benzene rings is 2. The number of carbonyl (C=O) groups excluding carboxylic acids is 1. The molecule has 0 aliphatic rings. The number of ether oxygens (including phenoxy) is 1. The molecule has 2 aromatic carbocycles. The van der Waals surface area contributed by atoms with Crippen LogP contribution in [-0.2, 0) is 26.6 Å². The van der Waals surface area contributed by atoms with Gasteiger partial charge in [0, 0.05) is 52.8 Å². The van der Waals surface area contributed by atoms with Gasteiger partial charge in [-0.3, -0.25) is 9.10 Å². The molecule has 3 heterocycles. The minimum Gasteiger partial charge on any atom is -0.464 e. The lowest BCUT2D eigenvalue weighted by atomic mass is 10.2. The van der Waals surface area contributed by atoms with Gasteiger partial charge >= 0.3 is 5.97 Å². The molecular weight excluding hydrogens is 585 g/mol. The second-order valence-electron chi connectivity index (χ2n) is 9.38. The summed E-state index contributed by atoms with van der Waals surface area (Å²) in [6.45, 7) is 1.66. The highest BCUT2D eigenvalue weighted by Gasteiger charge is 2.29. The Hall–Kier alpha value is -3.86. The van der Waals surface area contributed by atoms with Crippen LogP contribution in [0.1, 0.15) is 19.8 Å². The molecule has 0 aliphatic carbocycles. The summed E-state index contributed by atoms with van der Waals surface area (Å²) in [6.07, 6.45) is 8.69. The number of unbranched alkanes of at least 4 members (excludes halogenated alkanes) is 1. The van der Waals surface area contributed by atoms with Crippen LogP contribution < -0.4 is 4.31 Å². The fourth-order valence-electron chi connectivity index (χ4n) is 4.43. The topological polar surface area (TPSA) is 99.3 Å². The molecule has 12 heteroatoms. The Morgan fingerprint density at radius 3 is 2.46 bits per heavy atom. The summed E-state index contributed by atoms with van der Waals surface area (Å²) < 4.78 is 37.8. The van der Waals surface area contributed by atoms with Gasteiger partial charge in [-0.1, -0.05) is 36.5 Å². The van der Waals surface area contributed by atoms with Crippen LogP contribution in [0.3, 0.4) is 0 Å². The summed E-state index contributed by atoms with van der Waals surface area (Å²) in [5.74, 6) is 0.814. The molecule has 0 saturated heterocycles. The normalized spacial score (nSPS) is 11.6.